The van der Waals surface area contributed by atoms with Crippen LogP contribution in [0.3, 0.4) is 0 Å². The summed E-state index contributed by atoms with van der Waals surface area (Å²) in [5.41, 5.74) is 3.16. The van der Waals surface area contributed by atoms with Crippen molar-refractivity contribution in [2.45, 2.75) is 46.3 Å². The first-order chi connectivity index (χ1) is 13.2. The number of hydrogen-bond donors (Lipinski definition) is 2. The van der Waals surface area contributed by atoms with E-state index in [0.717, 1.165) is 22.1 Å². The molecule has 1 unspecified atom stereocenters. The average molecular weight is 378 g/mol. The van der Waals surface area contributed by atoms with Gasteiger partial charge in [0.05, 0.1) is 0 Å². The second-order valence-corrected chi connectivity index (χ2v) is 8.01. The molecule has 3 aromatic rings. The summed E-state index contributed by atoms with van der Waals surface area (Å²) in [7, 11) is 0. The molecule has 1 heterocycles. The Morgan fingerprint density at radius 2 is 1.79 bits per heavy atom. The minimum atomic E-state index is -0.546. The zero-order valence-electron chi connectivity index (χ0n) is 16.9. The first-order valence-electron chi connectivity index (χ1n) is 9.36. The monoisotopic (exact) mass is 378 g/mol. The Morgan fingerprint density at radius 3 is 2.46 bits per heavy atom. The molecule has 0 spiro atoms. The molecule has 3 rings (SSSR count). The van der Waals surface area contributed by atoms with Gasteiger partial charge in [-0.25, -0.2) is 4.79 Å². The van der Waals surface area contributed by atoms with Crippen molar-refractivity contribution in [3.05, 3.63) is 64.6 Å². The van der Waals surface area contributed by atoms with Gasteiger partial charge in [0.2, 0.25) is 0 Å². The molecule has 146 valence electrons. The van der Waals surface area contributed by atoms with E-state index in [2.05, 4.69) is 10.3 Å². The number of hydrogen-bond acceptors (Lipinski definition) is 4. The van der Waals surface area contributed by atoms with Crippen LogP contribution in [0.2, 0.25) is 0 Å². The zero-order chi connectivity index (χ0) is 20.5. The minimum absolute atomic E-state index is 0.166. The van der Waals surface area contributed by atoms with Crippen molar-refractivity contribution in [3.8, 4) is 11.1 Å². The van der Waals surface area contributed by atoms with Gasteiger partial charge in [-0.15, -0.1) is 0 Å². The third-order valence-corrected chi connectivity index (χ3v) is 4.48. The number of benzene rings is 2. The van der Waals surface area contributed by atoms with E-state index in [1.807, 2.05) is 64.1 Å². The van der Waals surface area contributed by atoms with Crippen molar-refractivity contribution < 1.29 is 9.53 Å². The lowest BCUT2D eigenvalue weighted by atomic mass is 9.97. The third kappa shape index (κ3) is 4.25. The number of anilines is 1. The molecular weight excluding hydrogens is 352 g/mol. The number of aromatic nitrogens is 1. The maximum atomic E-state index is 12.4. The van der Waals surface area contributed by atoms with Crippen LogP contribution in [0.5, 0.6) is 0 Å². The van der Waals surface area contributed by atoms with Crippen molar-refractivity contribution in [1.29, 1.82) is 0 Å². The van der Waals surface area contributed by atoms with Crippen LogP contribution in [0.15, 0.2) is 53.5 Å². The third-order valence-electron chi connectivity index (χ3n) is 4.48. The van der Waals surface area contributed by atoms with Gasteiger partial charge in [-0.3, -0.25) is 4.79 Å². The van der Waals surface area contributed by atoms with Crippen molar-refractivity contribution in [2.75, 3.05) is 5.32 Å². The number of ether oxygens (including phenoxy) is 1. The molecule has 5 heteroatoms. The lowest BCUT2D eigenvalue weighted by Crippen LogP contribution is -2.34. The van der Waals surface area contributed by atoms with Crippen molar-refractivity contribution >= 4 is 22.4 Å². The van der Waals surface area contributed by atoms with Crippen LogP contribution in [0.1, 0.15) is 33.3 Å². The maximum Gasteiger partial charge on any atom is 0.328 e. The molecule has 5 nitrogen and oxygen atoms in total. The second-order valence-electron chi connectivity index (χ2n) is 8.01. The molecule has 28 heavy (non-hydrogen) atoms. The first-order valence-corrected chi connectivity index (χ1v) is 9.36. The number of rotatable bonds is 4. The highest BCUT2D eigenvalue weighted by atomic mass is 16.6. The molecule has 0 amide bonds. The molecular formula is C23H26N2O3. The van der Waals surface area contributed by atoms with E-state index < -0.39 is 11.6 Å². The highest BCUT2D eigenvalue weighted by Crippen LogP contribution is 2.30. The number of carbonyl (C=O) groups is 1. The summed E-state index contributed by atoms with van der Waals surface area (Å²) in [6, 6.07) is 13.1. The molecule has 1 atom stereocenters. The van der Waals surface area contributed by atoms with Crippen molar-refractivity contribution in [2.24, 2.45) is 0 Å². The van der Waals surface area contributed by atoms with Gasteiger partial charge in [0.25, 0.3) is 5.56 Å². The fourth-order valence-corrected chi connectivity index (χ4v) is 3.15. The van der Waals surface area contributed by atoms with Gasteiger partial charge < -0.3 is 15.0 Å². The number of aromatic amines is 1. The summed E-state index contributed by atoms with van der Waals surface area (Å²) in [5.74, 6) is -0.338. The molecule has 0 fully saturated rings. The Hall–Kier alpha value is -3.08. The normalized spacial score (nSPS) is 12.6. The lowest BCUT2D eigenvalue weighted by Gasteiger charge is -2.23. The Labute approximate surface area is 164 Å². The number of pyridine rings is 1. The van der Waals surface area contributed by atoms with E-state index in [0.29, 0.717) is 11.1 Å². The highest BCUT2D eigenvalue weighted by Gasteiger charge is 2.21. The number of fused-ring (bicyclic) bond motifs is 1. The molecule has 2 N–H and O–H groups in total. The number of aryl methyl sites for hydroxylation is 1. The Kier molecular flexibility index (Phi) is 5.27. The summed E-state index contributed by atoms with van der Waals surface area (Å²) in [5, 5.41) is 4.57. The topological polar surface area (TPSA) is 71.2 Å². The summed E-state index contributed by atoms with van der Waals surface area (Å²) in [6.07, 6.45) is 1.75. The number of carbonyl (C=O) groups excluding carboxylic acids is 1. The first kappa shape index (κ1) is 19.7. The van der Waals surface area contributed by atoms with Gasteiger partial charge in [0.15, 0.2) is 0 Å². The highest BCUT2D eigenvalue weighted by molar-refractivity contribution is 5.98. The smallest absolute Gasteiger partial charge is 0.328 e. The zero-order valence-corrected chi connectivity index (χ0v) is 16.9. The van der Waals surface area contributed by atoms with Gasteiger partial charge in [-0.1, -0.05) is 30.3 Å². The van der Waals surface area contributed by atoms with E-state index in [1.54, 1.807) is 19.2 Å². The van der Waals surface area contributed by atoms with Crippen LogP contribution in [0.25, 0.3) is 21.9 Å². The molecule has 2 aromatic carbocycles. The minimum Gasteiger partial charge on any atom is -0.458 e. The van der Waals surface area contributed by atoms with E-state index >= 15 is 0 Å². The molecule has 0 saturated carbocycles. The summed E-state index contributed by atoms with van der Waals surface area (Å²) in [4.78, 5) is 27.5. The quantitative estimate of drug-likeness (QED) is 0.649. The molecule has 0 radical (unpaired) electrons. The molecule has 0 saturated heterocycles. The van der Waals surface area contributed by atoms with Gasteiger partial charge in [0, 0.05) is 22.8 Å². The number of nitrogens with one attached hydrogen (secondary N) is 2. The van der Waals surface area contributed by atoms with Crippen LogP contribution in [0, 0.1) is 6.92 Å². The number of esters is 1. The summed E-state index contributed by atoms with van der Waals surface area (Å²) >= 11 is 0. The SMILES string of the molecule is Cc1ccccc1-c1c[nH]c(=O)c2cc(NC(C)C(=O)OC(C)(C)C)ccc12. The van der Waals surface area contributed by atoms with E-state index in [1.165, 1.54) is 0 Å². The summed E-state index contributed by atoms with van der Waals surface area (Å²) in [6.45, 7) is 9.29. The Bertz CT molecular complexity index is 1080. The average Bonchev–Trinajstić information content (AvgIpc) is 2.62. The van der Waals surface area contributed by atoms with Gasteiger partial charge in [-0.05, 0) is 63.3 Å². The van der Waals surface area contributed by atoms with Crippen LogP contribution < -0.4 is 10.9 Å². The molecule has 0 aliphatic rings. The number of H-pyrrole nitrogens is 1. The van der Waals surface area contributed by atoms with Crippen LogP contribution in [-0.2, 0) is 9.53 Å². The lowest BCUT2D eigenvalue weighted by molar-refractivity contribution is -0.155. The molecule has 1 aromatic heterocycles. The second kappa shape index (κ2) is 7.50. The van der Waals surface area contributed by atoms with Gasteiger partial charge in [0.1, 0.15) is 11.6 Å². The fourth-order valence-electron chi connectivity index (χ4n) is 3.15. The van der Waals surface area contributed by atoms with Crippen LogP contribution in [-0.4, -0.2) is 22.6 Å². The van der Waals surface area contributed by atoms with Gasteiger partial charge in [-0.2, -0.15) is 0 Å². The van der Waals surface area contributed by atoms with Crippen LogP contribution >= 0.6 is 0 Å². The van der Waals surface area contributed by atoms with Gasteiger partial charge >= 0.3 is 5.97 Å². The van der Waals surface area contributed by atoms with Crippen molar-refractivity contribution in [1.82, 2.24) is 4.98 Å². The van der Waals surface area contributed by atoms with E-state index in [4.69, 9.17) is 4.74 Å². The maximum absolute atomic E-state index is 12.4. The summed E-state index contributed by atoms with van der Waals surface area (Å²) < 4.78 is 5.40. The van der Waals surface area contributed by atoms with E-state index in [-0.39, 0.29) is 11.5 Å². The van der Waals surface area contributed by atoms with Crippen LogP contribution in [0.4, 0.5) is 5.69 Å². The fraction of sp³-hybridized carbons (Fsp3) is 0.304. The Balaban J connectivity index is 1.96. The molecule has 0 aliphatic heterocycles. The van der Waals surface area contributed by atoms with E-state index in [9.17, 15) is 9.59 Å². The molecule has 0 aliphatic carbocycles. The standard InChI is InChI=1S/C23H26N2O3/c1-14-8-6-7-9-17(14)20-13-24-21(26)19-12-16(10-11-18(19)20)25-15(2)22(27)28-23(3,4)5/h6-13,15,25H,1-5H3,(H,24,26). The predicted octanol–water partition coefficient (Wildman–Crippen LogP) is 4.65. The Morgan fingerprint density at radius 1 is 1.07 bits per heavy atom. The largest absolute Gasteiger partial charge is 0.458 e. The predicted molar refractivity (Wildman–Crippen MR) is 114 cm³/mol. The molecule has 0 bridgehead atoms. The van der Waals surface area contributed by atoms with Crippen molar-refractivity contribution in [3.63, 3.8) is 0 Å².